The molecule has 0 saturated heterocycles. The van der Waals surface area contributed by atoms with Gasteiger partial charge in [0, 0.05) is 5.56 Å². The smallest absolute Gasteiger partial charge is 0.344 e. The molecule has 5 nitrogen and oxygen atoms in total. The van der Waals surface area contributed by atoms with Crippen molar-refractivity contribution in [3.05, 3.63) is 72.3 Å². The zero-order valence-electron chi connectivity index (χ0n) is 15.9. The Labute approximate surface area is 163 Å². The van der Waals surface area contributed by atoms with Gasteiger partial charge in [0.25, 0.3) is 0 Å². The molecular weight excluding hydrogens is 356 g/mol. The second kappa shape index (κ2) is 9.04. The second-order valence-corrected chi connectivity index (χ2v) is 6.25. The zero-order valence-corrected chi connectivity index (χ0v) is 15.9. The molecule has 0 N–H and O–H groups in total. The van der Waals surface area contributed by atoms with Crippen LogP contribution in [0.1, 0.15) is 24.2 Å². The van der Waals surface area contributed by atoms with Crippen LogP contribution in [0, 0.1) is 0 Å². The molecular formula is C23H22O5. The molecule has 0 aliphatic heterocycles. The second-order valence-electron chi connectivity index (χ2n) is 6.25. The molecule has 144 valence electrons. The van der Waals surface area contributed by atoms with E-state index >= 15 is 0 Å². The van der Waals surface area contributed by atoms with Crippen molar-refractivity contribution < 1.29 is 23.8 Å². The fraction of sp³-hybridized carbons (Fsp3) is 0.217. The first-order chi connectivity index (χ1) is 13.6. The molecule has 3 rings (SSSR count). The standard InChI is InChI=1S/C23H22O5/c1-3-26-20-11-9-18(10-12-20)23(25)16(2)28-22(24)15-27-21-13-8-17-6-4-5-7-19(17)14-21/h4-14,16H,3,15H2,1-2H3/t16-/m0/s1. The van der Waals surface area contributed by atoms with E-state index in [1.165, 1.54) is 0 Å². The van der Waals surface area contributed by atoms with Gasteiger partial charge in [-0.3, -0.25) is 4.79 Å². The Balaban J connectivity index is 1.53. The molecule has 3 aromatic carbocycles. The van der Waals surface area contributed by atoms with Crippen LogP contribution in [0.15, 0.2) is 66.7 Å². The summed E-state index contributed by atoms with van der Waals surface area (Å²) < 4.78 is 16.1. The molecule has 0 fully saturated rings. The summed E-state index contributed by atoms with van der Waals surface area (Å²) in [6, 6.07) is 20.2. The Bertz CT molecular complexity index is 962. The first-order valence-electron chi connectivity index (χ1n) is 9.15. The predicted molar refractivity (Wildman–Crippen MR) is 107 cm³/mol. The first-order valence-corrected chi connectivity index (χ1v) is 9.15. The van der Waals surface area contributed by atoms with Gasteiger partial charge < -0.3 is 14.2 Å². The third-order valence-corrected chi connectivity index (χ3v) is 4.20. The summed E-state index contributed by atoms with van der Waals surface area (Å²) in [6.45, 7) is 3.73. The lowest BCUT2D eigenvalue weighted by molar-refractivity contribution is -0.148. The molecule has 1 atom stereocenters. The Hall–Kier alpha value is -3.34. The van der Waals surface area contributed by atoms with Gasteiger partial charge in [0.1, 0.15) is 11.5 Å². The van der Waals surface area contributed by atoms with Gasteiger partial charge in [-0.15, -0.1) is 0 Å². The minimum atomic E-state index is -0.898. The highest BCUT2D eigenvalue weighted by atomic mass is 16.6. The summed E-state index contributed by atoms with van der Waals surface area (Å²) in [7, 11) is 0. The molecule has 3 aromatic rings. The van der Waals surface area contributed by atoms with E-state index in [4.69, 9.17) is 14.2 Å². The first kappa shape index (κ1) is 19.4. The van der Waals surface area contributed by atoms with Gasteiger partial charge in [-0.25, -0.2) is 4.79 Å². The Morgan fingerprint density at radius 1 is 0.857 bits per heavy atom. The molecule has 0 saturated carbocycles. The van der Waals surface area contributed by atoms with E-state index in [2.05, 4.69) is 0 Å². The monoisotopic (exact) mass is 378 g/mol. The Morgan fingerprint density at radius 3 is 2.25 bits per heavy atom. The average molecular weight is 378 g/mol. The normalized spacial score (nSPS) is 11.6. The highest BCUT2D eigenvalue weighted by Gasteiger charge is 2.20. The number of ether oxygens (including phenoxy) is 3. The van der Waals surface area contributed by atoms with Gasteiger partial charge in [0.05, 0.1) is 6.61 Å². The summed E-state index contributed by atoms with van der Waals surface area (Å²) >= 11 is 0. The summed E-state index contributed by atoms with van der Waals surface area (Å²) in [4.78, 5) is 24.5. The SMILES string of the molecule is CCOc1ccc(C(=O)[C@H](C)OC(=O)COc2ccc3ccccc3c2)cc1. The minimum absolute atomic E-state index is 0.265. The van der Waals surface area contributed by atoms with Crippen molar-refractivity contribution in [2.24, 2.45) is 0 Å². The van der Waals surface area contributed by atoms with Gasteiger partial charge in [-0.05, 0) is 61.0 Å². The van der Waals surface area contributed by atoms with Gasteiger partial charge in [-0.1, -0.05) is 30.3 Å². The van der Waals surface area contributed by atoms with E-state index < -0.39 is 12.1 Å². The van der Waals surface area contributed by atoms with Crippen LogP contribution >= 0.6 is 0 Å². The zero-order chi connectivity index (χ0) is 19.9. The number of fused-ring (bicyclic) bond motifs is 1. The number of carbonyl (C=O) groups excluding carboxylic acids is 2. The van der Waals surface area contributed by atoms with Crippen molar-refractivity contribution in [1.82, 2.24) is 0 Å². The maximum absolute atomic E-state index is 12.4. The fourth-order valence-corrected chi connectivity index (χ4v) is 2.80. The molecule has 0 spiro atoms. The number of Topliss-reactive ketones (excluding diaryl/α,β-unsaturated/α-hetero) is 1. The van der Waals surface area contributed by atoms with Crippen LogP contribution in [-0.2, 0) is 9.53 Å². The van der Waals surface area contributed by atoms with E-state index in [0.29, 0.717) is 23.7 Å². The quantitative estimate of drug-likeness (QED) is 0.429. The topological polar surface area (TPSA) is 61.8 Å². The number of hydrogen-bond donors (Lipinski definition) is 0. The number of rotatable bonds is 8. The van der Waals surface area contributed by atoms with Crippen LogP contribution < -0.4 is 9.47 Å². The summed E-state index contributed by atoms with van der Waals surface area (Å²) in [6.07, 6.45) is -0.898. The Morgan fingerprint density at radius 2 is 1.54 bits per heavy atom. The average Bonchev–Trinajstić information content (AvgIpc) is 2.72. The molecule has 0 aliphatic rings. The van der Waals surface area contributed by atoms with Crippen LogP contribution in [0.3, 0.4) is 0 Å². The molecule has 5 heteroatoms. The maximum atomic E-state index is 12.4. The Kier molecular flexibility index (Phi) is 6.27. The minimum Gasteiger partial charge on any atom is -0.494 e. The lowest BCUT2D eigenvalue weighted by atomic mass is 10.1. The molecule has 0 heterocycles. The van der Waals surface area contributed by atoms with E-state index in [1.54, 1.807) is 37.3 Å². The molecule has 0 unspecified atom stereocenters. The van der Waals surface area contributed by atoms with E-state index in [-0.39, 0.29) is 12.4 Å². The van der Waals surface area contributed by atoms with Crippen LogP contribution in [0.4, 0.5) is 0 Å². The number of ketones is 1. The fourth-order valence-electron chi connectivity index (χ4n) is 2.80. The summed E-state index contributed by atoms with van der Waals surface area (Å²) in [5.74, 6) is 0.385. The van der Waals surface area contributed by atoms with E-state index in [0.717, 1.165) is 10.8 Å². The molecule has 0 bridgehead atoms. The van der Waals surface area contributed by atoms with Crippen molar-refractivity contribution in [3.63, 3.8) is 0 Å². The van der Waals surface area contributed by atoms with Crippen molar-refractivity contribution in [1.29, 1.82) is 0 Å². The predicted octanol–water partition coefficient (Wildman–Crippen LogP) is 4.43. The van der Waals surface area contributed by atoms with Crippen molar-refractivity contribution >= 4 is 22.5 Å². The third kappa shape index (κ3) is 4.88. The molecule has 0 aliphatic carbocycles. The number of hydrogen-bond acceptors (Lipinski definition) is 5. The van der Waals surface area contributed by atoms with E-state index in [9.17, 15) is 9.59 Å². The lowest BCUT2D eigenvalue weighted by Crippen LogP contribution is -2.27. The largest absolute Gasteiger partial charge is 0.494 e. The van der Waals surface area contributed by atoms with Crippen LogP contribution in [0.2, 0.25) is 0 Å². The van der Waals surface area contributed by atoms with Gasteiger partial charge in [0.2, 0.25) is 5.78 Å². The molecule has 0 radical (unpaired) electrons. The van der Waals surface area contributed by atoms with E-state index in [1.807, 2.05) is 43.3 Å². The number of carbonyl (C=O) groups is 2. The maximum Gasteiger partial charge on any atom is 0.344 e. The summed E-state index contributed by atoms with van der Waals surface area (Å²) in [5, 5.41) is 2.11. The van der Waals surface area contributed by atoms with Crippen molar-refractivity contribution in [3.8, 4) is 11.5 Å². The van der Waals surface area contributed by atoms with Crippen molar-refractivity contribution in [2.75, 3.05) is 13.2 Å². The van der Waals surface area contributed by atoms with Crippen LogP contribution in [-0.4, -0.2) is 31.1 Å². The van der Waals surface area contributed by atoms with Crippen LogP contribution in [0.5, 0.6) is 11.5 Å². The van der Waals surface area contributed by atoms with Crippen molar-refractivity contribution in [2.45, 2.75) is 20.0 Å². The molecule has 28 heavy (non-hydrogen) atoms. The van der Waals surface area contributed by atoms with Gasteiger partial charge in [-0.2, -0.15) is 0 Å². The summed E-state index contributed by atoms with van der Waals surface area (Å²) in [5.41, 5.74) is 0.458. The molecule has 0 aromatic heterocycles. The van der Waals surface area contributed by atoms with Crippen LogP contribution in [0.25, 0.3) is 10.8 Å². The third-order valence-electron chi connectivity index (χ3n) is 4.20. The number of benzene rings is 3. The molecule has 0 amide bonds. The lowest BCUT2D eigenvalue weighted by Gasteiger charge is -2.13. The highest BCUT2D eigenvalue weighted by molar-refractivity contribution is 6.00. The van der Waals surface area contributed by atoms with Gasteiger partial charge in [0.15, 0.2) is 12.7 Å². The highest BCUT2D eigenvalue weighted by Crippen LogP contribution is 2.20. The van der Waals surface area contributed by atoms with Gasteiger partial charge >= 0.3 is 5.97 Å². The number of esters is 1.